The Labute approximate surface area is 142 Å². The number of anilines is 2. The lowest BCUT2D eigenvalue weighted by Gasteiger charge is -2.11. The molecule has 6 nitrogen and oxygen atoms in total. The van der Waals surface area contributed by atoms with Crippen LogP contribution in [0.15, 0.2) is 36.5 Å². The van der Waals surface area contributed by atoms with Crippen molar-refractivity contribution in [3.63, 3.8) is 0 Å². The SMILES string of the molecule is CC(C)CCNc1nc(NCc2ccccc2)c2cnn(C)c2n1. The molecule has 0 bridgehead atoms. The van der Waals surface area contributed by atoms with E-state index in [-0.39, 0.29) is 0 Å². The number of aromatic nitrogens is 4. The summed E-state index contributed by atoms with van der Waals surface area (Å²) in [6.45, 7) is 5.99. The number of hydrogen-bond acceptors (Lipinski definition) is 5. The van der Waals surface area contributed by atoms with Crippen LogP contribution in [0.3, 0.4) is 0 Å². The van der Waals surface area contributed by atoms with E-state index in [1.54, 1.807) is 10.9 Å². The van der Waals surface area contributed by atoms with E-state index in [9.17, 15) is 0 Å². The van der Waals surface area contributed by atoms with Gasteiger partial charge in [-0.2, -0.15) is 15.1 Å². The predicted octanol–water partition coefficient (Wildman–Crippen LogP) is 3.43. The average molecular weight is 324 g/mol. The third kappa shape index (κ3) is 3.82. The molecule has 126 valence electrons. The maximum atomic E-state index is 4.64. The van der Waals surface area contributed by atoms with Gasteiger partial charge in [-0.1, -0.05) is 44.2 Å². The number of nitrogens with one attached hydrogen (secondary N) is 2. The Hall–Kier alpha value is -2.63. The monoisotopic (exact) mass is 324 g/mol. The van der Waals surface area contributed by atoms with E-state index >= 15 is 0 Å². The molecule has 2 heterocycles. The van der Waals surface area contributed by atoms with Gasteiger partial charge in [0.2, 0.25) is 5.95 Å². The Morgan fingerprint density at radius 3 is 2.62 bits per heavy atom. The third-order valence-corrected chi connectivity index (χ3v) is 3.90. The summed E-state index contributed by atoms with van der Waals surface area (Å²) in [5.41, 5.74) is 2.04. The van der Waals surface area contributed by atoms with Gasteiger partial charge >= 0.3 is 0 Å². The molecule has 0 unspecified atom stereocenters. The molecule has 0 aliphatic heterocycles. The largest absolute Gasteiger partial charge is 0.365 e. The number of nitrogens with zero attached hydrogens (tertiary/aromatic N) is 4. The molecule has 0 radical (unpaired) electrons. The van der Waals surface area contributed by atoms with Gasteiger partial charge in [0.15, 0.2) is 5.65 Å². The summed E-state index contributed by atoms with van der Waals surface area (Å²) in [5.74, 6) is 2.10. The fourth-order valence-corrected chi connectivity index (χ4v) is 2.49. The summed E-state index contributed by atoms with van der Waals surface area (Å²) in [4.78, 5) is 9.22. The quantitative estimate of drug-likeness (QED) is 0.697. The van der Waals surface area contributed by atoms with Crippen molar-refractivity contribution < 1.29 is 0 Å². The van der Waals surface area contributed by atoms with Gasteiger partial charge in [-0.25, -0.2) is 0 Å². The van der Waals surface area contributed by atoms with E-state index in [1.165, 1.54) is 5.56 Å². The Morgan fingerprint density at radius 1 is 1.08 bits per heavy atom. The second-order valence-electron chi connectivity index (χ2n) is 6.35. The van der Waals surface area contributed by atoms with Gasteiger partial charge < -0.3 is 10.6 Å². The van der Waals surface area contributed by atoms with Crippen LogP contribution in [0.25, 0.3) is 11.0 Å². The summed E-state index contributed by atoms with van der Waals surface area (Å²) in [7, 11) is 1.90. The molecule has 24 heavy (non-hydrogen) atoms. The van der Waals surface area contributed by atoms with Crippen LogP contribution in [0.1, 0.15) is 25.8 Å². The lowest BCUT2D eigenvalue weighted by Crippen LogP contribution is -2.10. The fraction of sp³-hybridized carbons (Fsp3) is 0.389. The Kier molecular flexibility index (Phi) is 4.93. The van der Waals surface area contributed by atoms with Crippen molar-refractivity contribution in [1.82, 2.24) is 19.7 Å². The molecule has 0 saturated heterocycles. The van der Waals surface area contributed by atoms with Gasteiger partial charge in [0, 0.05) is 20.1 Å². The first-order chi connectivity index (χ1) is 11.6. The Bertz CT molecular complexity index is 794. The second-order valence-corrected chi connectivity index (χ2v) is 6.35. The minimum absolute atomic E-state index is 0.641. The first-order valence-corrected chi connectivity index (χ1v) is 8.35. The molecule has 2 aromatic heterocycles. The first kappa shape index (κ1) is 16.2. The lowest BCUT2D eigenvalue weighted by atomic mass is 10.1. The topological polar surface area (TPSA) is 67.7 Å². The second kappa shape index (κ2) is 7.29. The summed E-state index contributed by atoms with van der Waals surface area (Å²) in [6.07, 6.45) is 2.89. The van der Waals surface area contributed by atoms with Crippen LogP contribution in [0.2, 0.25) is 0 Å². The molecule has 0 aliphatic rings. The van der Waals surface area contributed by atoms with Gasteiger partial charge in [-0.05, 0) is 17.9 Å². The molecule has 0 aliphatic carbocycles. The number of fused-ring (bicyclic) bond motifs is 1. The van der Waals surface area contributed by atoms with Crippen LogP contribution in [0.4, 0.5) is 11.8 Å². The Morgan fingerprint density at radius 2 is 1.88 bits per heavy atom. The summed E-state index contributed by atoms with van der Waals surface area (Å²) >= 11 is 0. The van der Waals surface area contributed by atoms with Gasteiger partial charge in [0.1, 0.15) is 5.82 Å². The molecule has 2 N–H and O–H groups in total. The fourth-order valence-electron chi connectivity index (χ4n) is 2.49. The van der Waals surface area contributed by atoms with Gasteiger partial charge in [0.05, 0.1) is 11.6 Å². The standard InChI is InChI=1S/C18H24N6/c1-13(2)9-10-19-18-22-16(15-12-21-24(3)17(15)23-18)20-11-14-7-5-4-6-8-14/h4-8,12-13H,9-11H2,1-3H3,(H2,19,20,22,23). The number of benzene rings is 1. The zero-order valence-electron chi connectivity index (χ0n) is 14.5. The van der Waals surface area contributed by atoms with E-state index < -0.39 is 0 Å². The van der Waals surface area contributed by atoms with Crippen molar-refractivity contribution in [2.75, 3.05) is 17.2 Å². The van der Waals surface area contributed by atoms with Gasteiger partial charge in [0.25, 0.3) is 0 Å². The van der Waals surface area contributed by atoms with Gasteiger partial charge in [-0.3, -0.25) is 4.68 Å². The molecule has 6 heteroatoms. The predicted molar refractivity (Wildman–Crippen MR) is 98.0 cm³/mol. The normalized spacial score (nSPS) is 11.2. The van der Waals surface area contributed by atoms with E-state index in [2.05, 4.69) is 51.7 Å². The van der Waals surface area contributed by atoms with E-state index in [1.807, 2.05) is 25.2 Å². The van der Waals surface area contributed by atoms with Crippen molar-refractivity contribution in [2.24, 2.45) is 13.0 Å². The zero-order valence-corrected chi connectivity index (χ0v) is 14.5. The van der Waals surface area contributed by atoms with Crippen LogP contribution >= 0.6 is 0 Å². The molecule has 3 rings (SSSR count). The lowest BCUT2D eigenvalue weighted by molar-refractivity contribution is 0.606. The highest BCUT2D eigenvalue weighted by molar-refractivity contribution is 5.87. The average Bonchev–Trinajstić information content (AvgIpc) is 2.95. The van der Waals surface area contributed by atoms with Crippen molar-refractivity contribution in [3.05, 3.63) is 42.1 Å². The smallest absolute Gasteiger partial charge is 0.226 e. The molecule has 0 spiro atoms. The van der Waals surface area contributed by atoms with Crippen LogP contribution in [0, 0.1) is 5.92 Å². The molecule has 0 amide bonds. The highest BCUT2D eigenvalue weighted by Gasteiger charge is 2.11. The van der Waals surface area contributed by atoms with Crippen LogP contribution < -0.4 is 10.6 Å². The highest BCUT2D eigenvalue weighted by atomic mass is 15.3. The summed E-state index contributed by atoms with van der Waals surface area (Å²) < 4.78 is 1.78. The van der Waals surface area contributed by atoms with E-state index in [0.717, 1.165) is 29.8 Å². The minimum atomic E-state index is 0.641. The highest BCUT2D eigenvalue weighted by Crippen LogP contribution is 2.22. The molecule has 1 aromatic carbocycles. The molecule has 0 saturated carbocycles. The van der Waals surface area contributed by atoms with Crippen LogP contribution in [-0.2, 0) is 13.6 Å². The molecular weight excluding hydrogens is 300 g/mol. The number of rotatable bonds is 7. The molecular formula is C18H24N6. The molecule has 3 aromatic rings. The van der Waals surface area contributed by atoms with Crippen molar-refractivity contribution in [1.29, 1.82) is 0 Å². The van der Waals surface area contributed by atoms with E-state index in [0.29, 0.717) is 18.4 Å². The van der Waals surface area contributed by atoms with Crippen molar-refractivity contribution in [3.8, 4) is 0 Å². The Balaban J connectivity index is 1.82. The van der Waals surface area contributed by atoms with Crippen molar-refractivity contribution in [2.45, 2.75) is 26.8 Å². The molecule has 0 atom stereocenters. The number of hydrogen-bond donors (Lipinski definition) is 2. The minimum Gasteiger partial charge on any atom is -0.365 e. The van der Waals surface area contributed by atoms with Crippen LogP contribution in [0.5, 0.6) is 0 Å². The van der Waals surface area contributed by atoms with E-state index in [4.69, 9.17) is 0 Å². The first-order valence-electron chi connectivity index (χ1n) is 8.35. The zero-order chi connectivity index (χ0) is 16.9. The maximum Gasteiger partial charge on any atom is 0.226 e. The number of aryl methyl sites for hydroxylation is 1. The van der Waals surface area contributed by atoms with Crippen LogP contribution in [-0.4, -0.2) is 26.3 Å². The third-order valence-electron chi connectivity index (χ3n) is 3.90. The summed E-state index contributed by atoms with van der Waals surface area (Å²) in [6, 6.07) is 10.3. The van der Waals surface area contributed by atoms with Crippen molar-refractivity contribution >= 4 is 22.8 Å². The maximum absolute atomic E-state index is 4.64. The molecule has 0 fully saturated rings. The summed E-state index contributed by atoms with van der Waals surface area (Å²) in [5, 5.41) is 12.0. The van der Waals surface area contributed by atoms with Gasteiger partial charge in [-0.15, -0.1) is 0 Å².